The number of methoxy groups -OCH3 is 3. The highest BCUT2D eigenvalue weighted by atomic mass is 16.5. The van der Waals surface area contributed by atoms with Crippen molar-refractivity contribution in [1.29, 1.82) is 0 Å². The van der Waals surface area contributed by atoms with Crippen molar-refractivity contribution >= 4 is 0 Å². The molecule has 4 nitrogen and oxygen atoms in total. The quantitative estimate of drug-likeness (QED) is 0.856. The van der Waals surface area contributed by atoms with Crippen molar-refractivity contribution in [2.75, 3.05) is 21.3 Å². The summed E-state index contributed by atoms with van der Waals surface area (Å²) in [6.07, 6.45) is -0.770. The van der Waals surface area contributed by atoms with Crippen LogP contribution in [0.3, 0.4) is 0 Å². The molecule has 0 amide bonds. The third-order valence-electron chi connectivity index (χ3n) is 2.92. The predicted molar refractivity (Wildman–Crippen MR) is 65.6 cm³/mol. The van der Waals surface area contributed by atoms with Crippen LogP contribution in [-0.2, 0) is 4.74 Å². The molecule has 0 aliphatic carbocycles. The van der Waals surface area contributed by atoms with Gasteiger partial charge in [0.1, 0.15) is 17.6 Å². The molecule has 1 rings (SSSR count). The molecular formula is C13H20O4. The van der Waals surface area contributed by atoms with Crippen molar-refractivity contribution in [1.82, 2.24) is 0 Å². The molecule has 0 saturated heterocycles. The Hall–Kier alpha value is -1.26. The molecule has 1 aromatic carbocycles. The molecule has 1 unspecified atom stereocenters. The molecule has 0 heterocycles. The summed E-state index contributed by atoms with van der Waals surface area (Å²) in [5.41, 5.74) is 0.00199. The lowest BCUT2D eigenvalue weighted by Gasteiger charge is -2.30. The van der Waals surface area contributed by atoms with Crippen LogP contribution in [0.1, 0.15) is 25.5 Å². The molecule has 96 valence electrons. The fourth-order valence-corrected chi connectivity index (χ4v) is 1.53. The summed E-state index contributed by atoms with van der Waals surface area (Å²) in [6, 6.07) is 5.31. The summed E-state index contributed by atoms with van der Waals surface area (Å²) in [6.45, 7) is 3.64. The van der Waals surface area contributed by atoms with Crippen LogP contribution in [-0.4, -0.2) is 32.0 Å². The fraction of sp³-hybridized carbons (Fsp3) is 0.538. The number of aliphatic hydroxyl groups is 1. The third kappa shape index (κ3) is 2.90. The van der Waals surface area contributed by atoms with Gasteiger partial charge in [0.15, 0.2) is 0 Å². The summed E-state index contributed by atoms with van der Waals surface area (Å²) < 4.78 is 15.6. The largest absolute Gasteiger partial charge is 0.497 e. The first-order valence-corrected chi connectivity index (χ1v) is 5.41. The molecule has 0 bridgehead atoms. The van der Waals surface area contributed by atoms with Gasteiger partial charge in [0.2, 0.25) is 0 Å². The average molecular weight is 240 g/mol. The molecule has 4 heteroatoms. The van der Waals surface area contributed by atoms with Gasteiger partial charge < -0.3 is 19.3 Å². The normalized spacial score (nSPS) is 13.3. The monoisotopic (exact) mass is 240 g/mol. The number of hydrogen-bond acceptors (Lipinski definition) is 4. The maximum absolute atomic E-state index is 10.3. The van der Waals surface area contributed by atoms with Crippen LogP contribution in [0.2, 0.25) is 0 Å². The minimum atomic E-state index is -0.770. The van der Waals surface area contributed by atoms with Gasteiger partial charge in [0.25, 0.3) is 0 Å². The number of aliphatic hydroxyl groups excluding tert-OH is 1. The van der Waals surface area contributed by atoms with Gasteiger partial charge in [-0.15, -0.1) is 0 Å². The van der Waals surface area contributed by atoms with E-state index in [2.05, 4.69) is 0 Å². The molecule has 17 heavy (non-hydrogen) atoms. The predicted octanol–water partition coefficient (Wildman–Crippen LogP) is 2.16. The van der Waals surface area contributed by atoms with E-state index in [1.807, 2.05) is 13.8 Å². The third-order valence-corrected chi connectivity index (χ3v) is 2.92. The smallest absolute Gasteiger partial charge is 0.128 e. The van der Waals surface area contributed by atoms with Gasteiger partial charge in [-0.3, -0.25) is 0 Å². The van der Waals surface area contributed by atoms with E-state index in [1.165, 1.54) is 0 Å². The number of benzene rings is 1. The lowest BCUT2D eigenvalue weighted by molar-refractivity contribution is -0.0800. The van der Waals surface area contributed by atoms with Crippen LogP contribution in [0.15, 0.2) is 18.2 Å². The average Bonchev–Trinajstić information content (AvgIpc) is 2.36. The highest BCUT2D eigenvalue weighted by Crippen LogP contribution is 2.35. The van der Waals surface area contributed by atoms with E-state index < -0.39 is 11.7 Å². The van der Waals surface area contributed by atoms with Gasteiger partial charge in [0.05, 0.1) is 19.8 Å². The molecule has 0 saturated carbocycles. The Bertz CT molecular complexity index is 374. The molecule has 1 N–H and O–H groups in total. The number of ether oxygens (including phenoxy) is 3. The van der Waals surface area contributed by atoms with E-state index in [9.17, 15) is 5.11 Å². The van der Waals surface area contributed by atoms with E-state index in [0.717, 1.165) is 0 Å². The van der Waals surface area contributed by atoms with Gasteiger partial charge in [-0.1, -0.05) is 0 Å². The number of rotatable bonds is 5. The summed E-state index contributed by atoms with van der Waals surface area (Å²) in [5, 5.41) is 10.3. The molecule has 1 aromatic rings. The minimum absolute atomic E-state index is 0.585. The van der Waals surface area contributed by atoms with E-state index in [0.29, 0.717) is 17.1 Å². The second-order valence-electron chi connectivity index (χ2n) is 4.32. The van der Waals surface area contributed by atoms with Crippen LogP contribution in [0.5, 0.6) is 11.5 Å². The Balaban J connectivity index is 3.13. The zero-order valence-corrected chi connectivity index (χ0v) is 11.0. The summed E-state index contributed by atoms with van der Waals surface area (Å²) in [4.78, 5) is 0. The van der Waals surface area contributed by atoms with Gasteiger partial charge >= 0.3 is 0 Å². The van der Waals surface area contributed by atoms with Crippen molar-refractivity contribution in [3.8, 4) is 11.5 Å². The van der Waals surface area contributed by atoms with Crippen molar-refractivity contribution < 1.29 is 19.3 Å². The molecular weight excluding hydrogens is 220 g/mol. The van der Waals surface area contributed by atoms with Crippen LogP contribution in [0.4, 0.5) is 0 Å². The molecule has 0 aromatic heterocycles. The Labute approximate surface area is 102 Å². The summed E-state index contributed by atoms with van der Waals surface area (Å²) in [5.74, 6) is 1.27. The standard InChI is InChI=1S/C13H20O4/c1-13(2,17-5)12(14)10-7-6-9(15-3)8-11(10)16-4/h6-8,12,14H,1-5H3. The summed E-state index contributed by atoms with van der Waals surface area (Å²) >= 11 is 0. The lowest BCUT2D eigenvalue weighted by Crippen LogP contribution is -2.31. The second kappa shape index (κ2) is 5.38. The van der Waals surface area contributed by atoms with Gasteiger partial charge in [-0.2, -0.15) is 0 Å². The second-order valence-corrected chi connectivity index (χ2v) is 4.32. The van der Waals surface area contributed by atoms with E-state index in [-0.39, 0.29) is 0 Å². The van der Waals surface area contributed by atoms with Crippen LogP contribution in [0, 0.1) is 0 Å². The molecule has 1 atom stereocenters. The first kappa shape index (κ1) is 13.8. The van der Waals surface area contributed by atoms with E-state index in [1.54, 1.807) is 39.5 Å². The van der Waals surface area contributed by atoms with Crippen molar-refractivity contribution in [3.63, 3.8) is 0 Å². The van der Waals surface area contributed by atoms with Crippen molar-refractivity contribution in [3.05, 3.63) is 23.8 Å². The van der Waals surface area contributed by atoms with Crippen LogP contribution < -0.4 is 9.47 Å². The fourth-order valence-electron chi connectivity index (χ4n) is 1.53. The van der Waals surface area contributed by atoms with Gasteiger partial charge in [-0.25, -0.2) is 0 Å². The molecule has 0 radical (unpaired) electrons. The maximum atomic E-state index is 10.3. The van der Waals surface area contributed by atoms with Crippen molar-refractivity contribution in [2.45, 2.75) is 25.6 Å². The van der Waals surface area contributed by atoms with E-state index >= 15 is 0 Å². The minimum Gasteiger partial charge on any atom is -0.497 e. The molecule has 0 aliphatic heterocycles. The first-order chi connectivity index (χ1) is 7.96. The van der Waals surface area contributed by atoms with Crippen LogP contribution in [0.25, 0.3) is 0 Å². The van der Waals surface area contributed by atoms with Gasteiger partial charge in [-0.05, 0) is 26.0 Å². The Morgan fingerprint density at radius 3 is 2.24 bits per heavy atom. The first-order valence-electron chi connectivity index (χ1n) is 5.41. The SMILES string of the molecule is COc1ccc(C(O)C(C)(C)OC)c(OC)c1. The zero-order valence-electron chi connectivity index (χ0n) is 11.0. The Morgan fingerprint density at radius 2 is 1.76 bits per heavy atom. The summed E-state index contributed by atoms with van der Waals surface area (Å²) in [7, 11) is 4.72. The van der Waals surface area contributed by atoms with E-state index in [4.69, 9.17) is 14.2 Å². The van der Waals surface area contributed by atoms with Crippen molar-refractivity contribution in [2.24, 2.45) is 0 Å². The highest BCUT2D eigenvalue weighted by molar-refractivity contribution is 5.42. The van der Waals surface area contributed by atoms with Crippen LogP contribution >= 0.6 is 0 Å². The molecule has 0 fully saturated rings. The van der Waals surface area contributed by atoms with Gasteiger partial charge in [0, 0.05) is 18.7 Å². The highest BCUT2D eigenvalue weighted by Gasteiger charge is 2.31. The molecule has 0 aliphatic rings. The molecule has 0 spiro atoms. The lowest BCUT2D eigenvalue weighted by atomic mass is 9.94. The Morgan fingerprint density at radius 1 is 1.12 bits per heavy atom. The Kier molecular flexibility index (Phi) is 4.37. The number of hydrogen-bond donors (Lipinski definition) is 1. The zero-order chi connectivity index (χ0) is 13.1. The topological polar surface area (TPSA) is 47.9 Å². The maximum Gasteiger partial charge on any atom is 0.128 e.